The normalized spacial score (nSPS) is 10.5. The molecular formula is C14H12BrF2N3O3S. The number of aromatic nitrogens is 1. The predicted molar refractivity (Wildman–Crippen MR) is 90.6 cm³/mol. The van der Waals surface area contributed by atoms with Gasteiger partial charge in [0.1, 0.15) is 28.0 Å². The minimum Gasteiger partial charge on any atom is -0.480 e. The van der Waals surface area contributed by atoms with Crippen LogP contribution in [0.5, 0.6) is 5.88 Å². The van der Waals surface area contributed by atoms with Crippen molar-refractivity contribution >= 4 is 39.1 Å². The highest BCUT2D eigenvalue weighted by molar-refractivity contribution is 9.10. The number of ether oxygens (including phenoxy) is 1. The molecule has 0 aliphatic rings. The van der Waals surface area contributed by atoms with E-state index in [-0.39, 0.29) is 33.8 Å². The monoisotopic (exact) mass is 419 g/mol. The molecule has 10 heteroatoms. The number of hydrogen-bond acceptors (Lipinski definition) is 6. The molecule has 0 aliphatic heterocycles. The SMILES string of the molecule is COc1ncc([N+](=O)[O-])c(NCc2c(F)cc(SC)cc2F)c1Br. The van der Waals surface area contributed by atoms with Crippen LogP contribution < -0.4 is 10.1 Å². The maximum atomic E-state index is 14.0. The van der Waals surface area contributed by atoms with E-state index in [2.05, 4.69) is 26.2 Å². The second-order valence-corrected chi connectivity index (χ2v) is 6.19. The summed E-state index contributed by atoms with van der Waals surface area (Å²) < 4.78 is 33.2. The number of methoxy groups -OCH3 is 1. The van der Waals surface area contributed by atoms with Gasteiger partial charge in [-0.05, 0) is 34.3 Å². The van der Waals surface area contributed by atoms with Crippen LogP contribution in [-0.2, 0) is 6.54 Å². The molecule has 0 amide bonds. The molecule has 0 saturated heterocycles. The average molecular weight is 420 g/mol. The first-order valence-corrected chi connectivity index (χ1v) is 8.53. The Morgan fingerprint density at radius 2 is 2.04 bits per heavy atom. The summed E-state index contributed by atoms with van der Waals surface area (Å²) in [4.78, 5) is 14.7. The van der Waals surface area contributed by atoms with Gasteiger partial charge in [-0.2, -0.15) is 0 Å². The lowest BCUT2D eigenvalue weighted by molar-refractivity contribution is -0.384. The van der Waals surface area contributed by atoms with Gasteiger partial charge in [-0.15, -0.1) is 11.8 Å². The number of nitro groups is 1. The molecule has 0 spiro atoms. The van der Waals surface area contributed by atoms with Crippen molar-refractivity contribution < 1.29 is 18.4 Å². The molecule has 0 atom stereocenters. The fourth-order valence-corrected chi connectivity index (χ4v) is 3.00. The van der Waals surface area contributed by atoms with E-state index >= 15 is 0 Å². The molecule has 2 aromatic rings. The minimum atomic E-state index is -0.730. The summed E-state index contributed by atoms with van der Waals surface area (Å²) >= 11 is 4.36. The van der Waals surface area contributed by atoms with E-state index in [9.17, 15) is 18.9 Å². The zero-order valence-electron chi connectivity index (χ0n) is 12.6. The number of halogens is 3. The summed E-state index contributed by atoms with van der Waals surface area (Å²) in [5.74, 6) is -1.35. The number of thioether (sulfide) groups is 1. The van der Waals surface area contributed by atoms with Crippen LogP contribution in [0.1, 0.15) is 5.56 Å². The lowest BCUT2D eigenvalue weighted by Gasteiger charge is -2.12. The topological polar surface area (TPSA) is 77.3 Å². The Bertz CT molecular complexity index is 769. The number of nitrogens with one attached hydrogen (secondary N) is 1. The number of anilines is 1. The molecule has 24 heavy (non-hydrogen) atoms. The van der Waals surface area contributed by atoms with Gasteiger partial charge in [-0.1, -0.05) is 0 Å². The molecule has 2 rings (SSSR count). The fourth-order valence-electron chi connectivity index (χ4n) is 1.95. The maximum absolute atomic E-state index is 14.0. The number of rotatable bonds is 6. The van der Waals surface area contributed by atoms with Crippen molar-refractivity contribution in [2.24, 2.45) is 0 Å². The van der Waals surface area contributed by atoms with Gasteiger partial charge in [0, 0.05) is 17.0 Å². The highest BCUT2D eigenvalue weighted by Gasteiger charge is 2.22. The molecule has 128 valence electrons. The van der Waals surface area contributed by atoms with E-state index in [4.69, 9.17) is 4.74 Å². The van der Waals surface area contributed by atoms with Crippen molar-refractivity contribution in [3.63, 3.8) is 0 Å². The number of benzene rings is 1. The molecule has 1 N–H and O–H groups in total. The van der Waals surface area contributed by atoms with Crippen LogP contribution in [-0.4, -0.2) is 23.3 Å². The second-order valence-electron chi connectivity index (χ2n) is 4.52. The summed E-state index contributed by atoms with van der Waals surface area (Å²) in [7, 11) is 1.35. The highest BCUT2D eigenvalue weighted by Crippen LogP contribution is 2.38. The smallest absolute Gasteiger partial charge is 0.311 e. The standard InChI is InChI=1S/C14H12BrF2N3O3S/c1-23-14-12(15)13(11(6-19-14)20(21)22)18-5-8-9(16)3-7(24-2)4-10(8)17/h3-4,6H,5H2,1-2H3,(H,18,19). The lowest BCUT2D eigenvalue weighted by Crippen LogP contribution is -2.08. The Hall–Kier alpha value is -1.94. The van der Waals surface area contributed by atoms with E-state index < -0.39 is 16.6 Å². The summed E-state index contributed by atoms with van der Waals surface area (Å²) in [5, 5.41) is 13.8. The zero-order chi connectivity index (χ0) is 17.9. The first-order valence-electron chi connectivity index (χ1n) is 6.51. The van der Waals surface area contributed by atoms with Crippen molar-refractivity contribution in [1.82, 2.24) is 4.98 Å². The van der Waals surface area contributed by atoms with Crippen molar-refractivity contribution in [2.45, 2.75) is 11.4 Å². The van der Waals surface area contributed by atoms with E-state index in [1.165, 1.54) is 31.0 Å². The van der Waals surface area contributed by atoms with E-state index in [0.29, 0.717) is 4.90 Å². The van der Waals surface area contributed by atoms with Gasteiger partial charge < -0.3 is 10.1 Å². The van der Waals surface area contributed by atoms with Gasteiger partial charge in [0.2, 0.25) is 5.88 Å². The third-order valence-electron chi connectivity index (χ3n) is 3.15. The zero-order valence-corrected chi connectivity index (χ0v) is 15.0. The number of nitrogens with zero attached hydrogens (tertiary/aromatic N) is 2. The van der Waals surface area contributed by atoms with Gasteiger partial charge in [-0.25, -0.2) is 13.8 Å². The summed E-state index contributed by atoms with van der Waals surface area (Å²) in [6.45, 7) is -0.279. The average Bonchev–Trinajstić information content (AvgIpc) is 2.54. The maximum Gasteiger partial charge on any atom is 0.311 e. The first-order chi connectivity index (χ1) is 11.4. The van der Waals surface area contributed by atoms with E-state index in [0.717, 1.165) is 6.20 Å². The largest absolute Gasteiger partial charge is 0.480 e. The van der Waals surface area contributed by atoms with Crippen LogP contribution in [0.4, 0.5) is 20.2 Å². The van der Waals surface area contributed by atoms with Gasteiger partial charge in [-0.3, -0.25) is 10.1 Å². The fraction of sp³-hybridized carbons (Fsp3) is 0.214. The Morgan fingerprint density at radius 3 is 2.54 bits per heavy atom. The van der Waals surface area contributed by atoms with Crippen LogP contribution in [0.2, 0.25) is 0 Å². The second kappa shape index (κ2) is 7.75. The molecule has 1 aromatic carbocycles. The van der Waals surface area contributed by atoms with Crippen molar-refractivity contribution in [3.8, 4) is 5.88 Å². The Morgan fingerprint density at radius 1 is 1.42 bits per heavy atom. The minimum absolute atomic E-state index is 0.0274. The predicted octanol–water partition coefficient (Wildman–Crippen LogP) is 4.37. The third-order valence-corrected chi connectivity index (χ3v) is 4.59. The molecule has 1 aromatic heterocycles. The summed E-state index contributed by atoms with van der Waals surface area (Å²) in [6.07, 6.45) is 2.71. The van der Waals surface area contributed by atoms with Crippen LogP contribution in [0, 0.1) is 21.7 Å². The summed E-state index contributed by atoms with van der Waals surface area (Å²) in [6, 6.07) is 2.42. The lowest BCUT2D eigenvalue weighted by atomic mass is 10.2. The van der Waals surface area contributed by atoms with Crippen LogP contribution >= 0.6 is 27.7 Å². The molecule has 6 nitrogen and oxygen atoms in total. The Balaban J connectivity index is 2.37. The molecule has 0 fully saturated rings. The molecule has 0 radical (unpaired) electrons. The molecule has 0 unspecified atom stereocenters. The van der Waals surface area contributed by atoms with Gasteiger partial charge in [0.25, 0.3) is 0 Å². The number of pyridine rings is 1. The van der Waals surface area contributed by atoms with Gasteiger partial charge in [0.05, 0.1) is 12.0 Å². The highest BCUT2D eigenvalue weighted by atomic mass is 79.9. The first kappa shape index (κ1) is 18.4. The van der Waals surface area contributed by atoms with E-state index in [1.807, 2.05) is 0 Å². The summed E-state index contributed by atoms with van der Waals surface area (Å²) in [5.41, 5.74) is -0.534. The van der Waals surface area contributed by atoms with Crippen LogP contribution in [0.15, 0.2) is 27.7 Å². The molecule has 0 saturated carbocycles. The molecule has 1 heterocycles. The Labute approximate surface area is 148 Å². The quantitative estimate of drug-likeness (QED) is 0.425. The van der Waals surface area contributed by atoms with E-state index in [1.54, 1.807) is 6.26 Å². The third kappa shape index (κ3) is 3.75. The van der Waals surface area contributed by atoms with Crippen molar-refractivity contribution in [1.29, 1.82) is 0 Å². The Kier molecular flexibility index (Phi) is 5.94. The van der Waals surface area contributed by atoms with Crippen molar-refractivity contribution in [2.75, 3.05) is 18.7 Å². The molecule has 0 bridgehead atoms. The van der Waals surface area contributed by atoms with Crippen LogP contribution in [0.25, 0.3) is 0 Å². The van der Waals surface area contributed by atoms with Gasteiger partial charge >= 0.3 is 5.69 Å². The van der Waals surface area contributed by atoms with Crippen molar-refractivity contribution in [3.05, 3.63) is 50.1 Å². The van der Waals surface area contributed by atoms with Gasteiger partial charge in [0.15, 0.2) is 0 Å². The van der Waals surface area contributed by atoms with Crippen LogP contribution in [0.3, 0.4) is 0 Å². The number of hydrogen-bond donors (Lipinski definition) is 1. The molecular weight excluding hydrogens is 408 g/mol. The molecule has 0 aliphatic carbocycles.